The van der Waals surface area contributed by atoms with Crippen LogP contribution in [0, 0.1) is 0 Å². The first-order valence-corrected chi connectivity index (χ1v) is 5.76. The molecule has 0 bridgehead atoms. The summed E-state index contributed by atoms with van der Waals surface area (Å²) in [6.07, 6.45) is 3.48. The zero-order valence-electron chi connectivity index (χ0n) is 8.78. The molecule has 1 aromatic rings. The van der Waals surface area contributed by atoms with Crippen LogP contribution in [0.15, 0.2) is 16.5 Å². The highest BCUT2D eigenvalue weighted by atomic mass is 35.5. The Bertz CT molecular complexity index is 373. The largest absolute Gasteiger partial charge is 0.481 e. The van der Waals surface area contributed by atoms with Crippen LogP contribution in [0.5, 0.6) is 0 Å². The second-order valence-corrected chi connectivity index (χ2v) is 4.44. The van der Waals surface area contributed by atoms with E-state index in [2.05, 4.69) is 5.32 Å². The molecule has 0 amide bonds. The molecule has 5 heteroatoms. The lowest BCUT2D eigenvalue weighted by molar-refractivity contribution is -0.139. The summed E-state index contributed by atoms with van der Waals surface area (Å²) in [5.41, 5.74) is 0. The van der Waals surface area contributed by atoms with Crippen LogP contribution in [0.1, 0.15) is 30.9 Å². The Balaban J connectivity index is 1.96. The lowest BCUT2D eigenvalue weighted by Crippen LogP contribution is -2.39. The third-order valence-corrected chi connectivity index (χ3v) is 3.15. The Morgan fingerprint density at radius 3 is 2.81 bits per heavy atom. The standard InChI is InChI=1S/C11H14ClNO3/c12-10-5-4-9(16-10)8(11(14)15)6-13-7-2-1-3-7/h4-5,7-8,13H,1-3,6H2,(H,14,15). The molecular weight excluding hydrogens is 230 g/mol. The number of halogens is 1. The Hall–Kier alpha value is -1.00. The molecule has 1 heterocycles. The molecule has 88 valence electrons. The van der Waals surface area contributed by atoms with Gasteiger partial charge in [0.15, 0.2) is 5.22 Å². The van der Waals surface area contributed by atoms with E-state index in [0.717, 1.165) is 12.8 Å². The van der Waals surface area contributed by atoms with Crippen LogP contribution in [-0.2, 0) is 4.79 Å². The first-order valence-electron chi connectivity index (χ1n) is 5.38. The lowest BCUT2D eigenvalue weighted by Gasteiger charge is -2.27. The van der Waals surface area contributed by atoms with Crippen molar-refractivity contribution in [3.63, 3.8) is 0 Å². The predicted molar refractivity (Wildman–Crippen MR) is 59.7 cm³/mol. The number of hydrogen-bond acceptors (Lipinski definition) is 3. The Morgan fingerprint density at radius 2 is 2.38 bits per heavy atom. The zero-order valence-corrected chi connectivity index (χ0v) is 9.54. The predicted octanol–water partition coefficient (Wildman–Crippen LogP) is 2.24. The van der Waals surface area contributed by atoms with Crippen LogP contribution in [-0.4, -0.2) is 23.7 Å². The van der Waals surface area contributed by atoms with Gasteiger partial charge in [0.25, 0.3) is 0 Å². The smallest absolute Gasteiger partial charge is 0.315 e. The van der Waals surface area contributed by atoms with Gasteiger partial charge >= 0.3 is 5.97 Å². The van der Waals surface area contributed by atoms with E-state index in [0.29, 0.717) is 18.3 Å². The lowest BCUT2D eigenvalue weighted by atomic mass is 9.92. The van der Waals surface area contributed by atoms with E-state index >= 15 is 0 Å². The Kier molecular flexibility index (Phi) is 3.51. The molecule has 1 aromatic heterocycles. The number of carbonyl (C=O) groups is 1. The summed E-state index contributed by atoms with van der Waals surface area (Å²) < 4.78 is 5.14. The number of carboxylic acid groups (broad SMARTS) is 1. The maximum Gasteiger partial charge on any atom is 0.315 e. The molecule has 1 unspecified atom stereocenters. The summed E-state index contributed by atoms with van der Waals surface area (Å²) in [4.78, 5) is 11.1. The zero-order chi connectivity index (χ0) is 11.5. The quantitative estimate of drug-likeness (QED) is 0.833. The van der Waals surface area contributed by atoms with Gasteiger partial charge in [-0.3, -0.25) is 4.79 Å². The fraction of sp³-hybridized carbons (Fsp3) is 0.545. The highest BCUT2D eigenvalue weighted by molar-refractivity contribution is 6.28. The highest BCUT2D eigenvalue weighted by Crippen LogP contribution is 2.23. The molecule has 2 rings (SSSR count). The van der Waals surface area contributed by atoms with E-state index in [9.17, 15) is 4.79 Å². The third kappa shape index (κ3) is 2.57. The fourth-order valence-electron chi connectivity index (χ4n) is 1.72. The highest BCUT2D eigenvalue weighted by Gasteiger charge is 2.25. The van der Waals surface area contributed by atoms with Crippen molar-refractivity contribution in [1.82, 2.24) is 5.32 Å². The normalized spacial score (nSPS) is 18.1. The minimum atomic E-state index is -0.891. The van der Waals surface area contributed by atoms with Crippen molar-refractivity contribution >= 4 is 17.6 Å². The topological polar surface area (TPSA) is 62.5 Å². The van der Waals surface area contributed by atoms with Crippen LogP contribution in [0.25, 0.3) is 0 Å². The van der Waals surface area contributed by atoms with Crippen molar-refractivity contribution in [2.24, 2.45) is 0 Å². The van der Waals surface area contributed by atoms with E-state index in [-0.39, 0.29) is 5.22 Å². The van der Waals surface area contributed by atoms with Crippen molar-refractivity contribution in [1.29, 1.82) is 0 Å². The first kappa shape index (κ1) is 11.5. The van der Waals surface area contributed by atoms with E-state index in [4.69, 9.17) is 21.1 Å². The van der Waals surface area contributed by atoms with Crippen molar-refractivity contribution in [2.45, 2.75) is 31.2 Å². The summed E-state index contributed by atoms with van der Waals surface area (Å²) in [6.45, 7) is 0.393. The van der Waals surface area contributed by atoms with Crippen LogP contribution in [0.2, 0.25) is 5.22 Å². The summed E-state index contributed by atoms with van der Waals surface area (Å²) in [5.74, 6) is -1.14. The SMILES string of the molecule is O=C(O)C(CNC1CCC1)c1ccc(Cl)o1. The minimum Gasteiger partial charge on any atom is -0.481 e. The van der Waals surface area contributed by atoms with Gasteiger partial charge in [0.1, 0.15) is 11.7 Å². The van der Waals surface area contributed by atoms with Crippen LogP contribution in [0.3, 0.4) is 0 Å². The van der Waals surface area contributed by atoms with Gasteiger partial charge in [-0.15, -0.1) is 0 Å². The first-order chi connectivity index (χ1) is 7.66. The van der Waals surface area contributed by atoms with Gasteiger partial charge in [-0.2, -0.15) is 0 Å². The van der Waals surface area contributed by atoms with Gasteiger partial charge in [0, 0.05) is 12.6 Å². The molecule has 0 aliphatic heterocycles. The molecule has 1 aliphatic carbocycles. The average molecular weight is 244 g/mol. The van der Waals surface area contributed by atoms with Crippen molar-refractivity contribution in [2.75, 3.05) is 6.54 Å². The van der Waals surface area contributed by atoms with E-state index < -0.39 is 11.9 Å². The number of rotatable bonds is 5. The third-order valence-electron chi connectivity index (χ3n) is 2.95. The van der Waals surface area contributed by atoms with Crippen LogP contribution >= 0.6 is 11.6 Å². The van der Waals surface area contributed by atoms with E-state index in [1.807, 2.05) is 0 Å². The molecule has 0 saturated heterocycles. The Labute approximate surface area is 98.6 Å². The number of aliphatic carboxylic acids is 1. The minimum absolute atomic E-state index is 0.227. The number of carboxylic acids is 1. The maximum absolute atomic E-state index is 11.1. The second kappa shape index (κ2) is 4.89. The summed E-state index contributed by atoms with van der Waals surface area (Å²) in [7, 11) is 0. The molecule has 1 atom stereocenters. The van der Waals surface area contributed by atoms with Gasteiger partial charge in [-0.1, -0.05) is 6.42 Å². The molecule has 0 spiro atoms. The molecular formula is C11H14ClNO3. The monoisotopic (exact) mass is 243 g/mol. The van der Waals surface area contributed by atoms with Crippen LogP contribution < -0.4 is 5.32 Å². The van der Waals surface area contributed by atoms with Gasteiger partial charge in [0.2, 0.25) is 0 Å². The number of hydrogen-bond donors (Lipinski definition) is 2. The van der Waals surface area contributed by atoms with Crippen molar-refractivity contribution in [3.8, 4) is 0 Å². The summed E-state index contributed by atoms with van der Waals surface area (Å²) >= 11 is 5.63. The van der Waals surface area contributed by atoms with E-state index in [1.165, 1.54) is 6.42 Å². The second-order valence-electron chi connectivity index (χ2n) is 4.07. The number of furan rings is 1. The summed E-state index contributed by atoms with van der Waals surface area (Å²) in [5, 5.41) is 12.5. The maximum atomic E-state index is 11.1. The van der Waals surface area contributed by atoms with Crippen LogP contribution in [0.4, 0.5) is 0 Å². The van der Waals surface area contributed by atoms with Crippen molar-refractivity contribution in [3.05, 3.63) is 23.1 Å². The van der Waals surface area contributed by atoms with E-state index in [1.54, 1.807) is 12.1 Å². The van der Waals surface area contributed by atoms with Gasteiger partial charge in [-0.05, 0) is 36.6 Å². The molecule has 16 heavy (non-hydrogen) atoms. The molecule has 2 N–H and O–H groups in total. The Morgan fingerprint density at radius 1 is 1.62 bits per heavy atom. The average Bonchev–Trinajstić information content (AvgIpc) is 2.55. The molecule has 1 fully saturated rings. The van der Waals surface area contributed by atoms with Crippen molar-refractivity contribution < 1.29 is 14.3 Å². The van der Waals surface area contributed by atoms with Gasteiger partial charge in [-0.25, -0.2) is 0 Å². The summed E-state index contributed by atoms with van der Waals surface area (Å²) in [6, 6.07) is 3.65. The number of nitrogens with one attached hydrogen (secondary N) is 1. The fourth-order valence-corrected chi connectivity index (χ4v) is 1.87. The molecule has 4 nitrogen and oxygen atoms in total. The van der Waals surface area contributed by atoms with Gasteiger partial charge in [0.05, 0.1) is 0 Å². The molecule has 1 aliphatic rings. The molecule has 0 radical (unpaired) electrons. The molecule has 0 aromatic carbocycles. The molecule has 1 saturated carbocycles. The van der Waals surface area contributed by atoms with Gasteiger partial charge < -0.3 is 14.8 Å².